The molecule has 0 heterocycles. The van der Waals surface area contributed by atoms with Gasteiger partial charge in [0.25, 0.3) is 0 Å². The maximum absolute atomic E-state index is 12.8. The first-order valence-corrected chi connectivity index (χ1v) is 9.34. The topological polar surface area (TPSA) is 67.4 Å². The van der Waals surface area contributed by atoms with Crippen molar-refractivity contribution in [3.05, 3.63) is 29.8 Å². The molecule has 5 heteroatoms. The Morgan fingerprint density at radius 1 is 1.20 bits per heavy atom. The van der Waals surface area contributed by atoms with Gasteiger partial charge in [0.15, 0.2) is 0 Å². The van der Waals surface area contributed by atoms with E-state index in [1.54, 1.807) is 7.11 Å². The first kappa shape index (κ1) is 17.8. The molecule has 5 nitrogen and oxygen atoms in total. The summed E-state index contributed by atoms with van der Waals surface area (Å²) in [7, 11) is 1.66. The lowest BCUT2D eigenvalue weighted by Gasteiger charge is -2.36. The van der Waals surface area contributed by atoms with Crippen LogP contribution in [0.15, 0.2) is 24.3 Å². The van der Waals surface area contributed by atoms with Gasteiger partial charge >= 0.3 is 0 Å². The number of hydrogen-bond acceptors (Lipinski definition) is 3. The highest BCUT2D eigenvalue weighted by atomic mass is 16.5. The summed E-state index contributed by atoms with van der Waals surface area (Å²) in [6, 6.07) is 7.87. The fraction of sp³-hybridized carbons (Fsp3) is 0.600. The number of hydrogen-bond donors (Lipinski definition) is 2. The van der Waals surface area contributed by atoms with Crippen molar-refractivity contribution in [1.29, 1.82) is 0 Å². The minimum Gasteiger partial charge on any atom is -0.496 e. The second-order valence-corrected chi connectivity index (χ2v) is 7.18. The van der Waals surface area contributed by atoms with Crippen molar-refractivity contribution in [2.75, 3.05) is 13.7 Å². The maximum atomic E-state index is 12.8. The lowest BCUT2D eigenvalue weighted by molar-refractivity contribution is -0.135. The van der Waals surface area contributed by atoms with Gasteiger partial charge in [-0.15, -0.1) is 0 Å². The number of carbonyl (C=O) groups excluding carboxylic acids is 2. The third-order valence-corrected chi connectivity index (χ3v) is 5.51. The van der Waals surface area contributed by atoms with Crippen LogP contribution in [0.25, 0.3) is 0 Å². The second kappa shape index (κ2) is 7.46. The Bertz CT molecular complexity index is 638. The Hall–Kier alpha value is -2.04. The zero-order valence-electron chi connectivity index (χ0n) is 15.1. The molecule has 1 aromatic rings. The third kappa shape index (κ3) is 3.65. The van der Waals surface area contributed by atoms with E-state index in [-0.39, 0.29) is 23.7 Å². The summed E-state index contributed by atoms with van der Waals surface area (Å²) in [5, 5.41) is 6.03. The molecule has 2 N–H and O–H groups in total. The summed E-state index contributed by atoms with van der Waals surface area (Å²) < 4.78 is 5.42. The van der Waals surface area contributed by atoms with Crippen LogP contribution in [-0.2, 0) is 9.59 Å². The molecule has 2 saturated carbocycles. The smallest absolute Gasteiger partial charge is 0.245 e. The lowest BCUT2D eigenvalue weighted by atomic mass is 9.80. The molecule has 136 valence electrons. The molecule has 2 aliphatic carbocycles. The van der Waals surface area contributed by atoms with Gasteiger partial charge in [-0.2, -0.15) is 0 Å². The molecule has 0 aromatic heterocycles. The molecule has 2 amide bonds. The molecule has 2 aliphatic rings. The normalized spacial score (nSPS) is 24.2. The van der Waals surface area contributed by atoms with Crippen LogP contribution < -0.4 is 15.4 Å². The van der Waals surface area contributed by atoms with Gasteiger partial charge in [0.1, 0.15) is 11.3 Å². The summed E-state index contributed by atoms with van der Waals surface area (Å²) in [6.07, 6.45) is 5.38. The Morgan fingerprint density at radius 2 is 1.92 bits per heavy atom. The zero-order chi connectivity index (χ0) is 17.9. The summed E-state index contributed by atoms with van der Waals surface area (Å²) >= 11 is 0. The van der Waals surface area contributed by atoms with E-state index in [4.69, 9.17) is 4.74 Å². The fourth-order valence-electron chi connectivity index (χ4n) is 4.02. The number of nitrogens with one attached hydrogen (secondary N) is 2. The average molecular weight is 344 g/mol. The van der Waals surface area contributed by atoms with Crippen molar-refractivity contribution < 1.29 is 14.3 Å². The first-order valence-electron chi connectivity index (χ1n) is 9.34. The van der Waals surface area contributed by atoms with Gasteiger partial charge in [-0.25, -0.2) is 0 Å². The van der Waals surface area contributed by atoms with Crippen molar-refractivity contribution in [3.63, 3.8) is 0 Å². The third-order valence-electron chi connectivity index (χ3n) is 5.51. The Balaban J connectivity index is 1.70. The van der Waals surface area contributed by atoms with Crippen LogP contribution in [0.2, 0.25) is 0 Å². The fourth-order valence-corrected chi connectivity index (χ4v) is 4.02. The van der Waals surface area contributed by atoms with E-state index < -0.39 is 5.54 Å². The molecule has 0 radical (unpaired) electrons. The molecule has 0 spiro atoms. The molecular weight excluding hydrogens is 316 g/mol. The van der Waals surface area contributed by atoms with E-state index in [0.29, 0.717) is 6.54 Å². The molecule has 0 saturated heterocycles. The largest absolute Gasteiger partial charge is 0.496 e. The summed E-state index contributed by atoms with van der Waals surface area (Å²) in [6.45, 7) is 2.50. The first-order chi connectivity index (χ1) is 12.1. The van der Waals surface area contributed by atoms with E-state index in [1.165, 1.54) is 0 Å². The van der Waals surface area contributed by atoms with Crippen molar-refractivity contribution in [2.24, 2.45) is 5.92 Å². The highest BCUT2D eigenvalue weighted by Gasteiger charge is 2.49. The van der Waals surface area contributed by atoms with E-state index in [2.05, 4.69) is 10.6 Å². The SMILES string of the molecule is CCNC(=O)C1(NC(=O)[C@H]2C[C@H]2c2ccccc2OC)CCCCC1. The predicted molar refractivity (Wildman–Crippen MR) is 96.5 cm³/mol. The number of amides is 2. The number of likely N-dealkylation sites (N-methyl/N-ethyl adjacent to an activating group) is 1. The van der Waals surface area contributed by atoms with Crippen LogP contribution in [0.1, 0.15) is 56.9 Å². The molecule has 25 heavy (non-hydrogen) atoms. The second-order valence-electron chi connectivity index (χ2n) is 7.18. The van der Waals surface area contributed by atoms with E-state index in [0.717, 1.165) is 49.8 Å². The zero-order valence-corrected chi connectivity index (χ0v) is 15.1. The van der Waals surface area contributed by atoms with Gasteiger partial charge in [0.2, 0.25) is 11.8 Å². The van der Waals surface area contributed by atoms with Gasteiger partial charge in [0, 0.05) is 12.5 Å². The van der Waals surface area contributed by atoms with Crippen LogP contribution in [0, 0.1) is 5.92 Å². The molecular formula is C20H28N2O3. The van der Waals surface area contributed by atoms with Gasteiger partial charge in [-0.3, -0.25) is 9.59 Å². The van der Waals surface area contributed by atoms with Crippen LogP contribution >= 0.6 is 0 Å². The van der Waals surface area contributed by atoms with Gasteiger partial charge < -0.3 is 15.4 Å². The minimum atomic E-state index is -0.723. The van der Waals surface area contributed by atoms with Crippen LogP contribution in [0.3, 0.4) is 0 Å². The lowest BCUT2D eigenvalue weighted by Crippen LogP contribution is -2.60. The van der Waals surface area contributed by atoms with Gasteiger partial charge in [0.05, 0.1) is 7.11 Å². The Labute approximate surface area is 149 Å². The van der Waals surface area contributed by atoms with E-state index in [1.807, 2.05) is 31.2 Å². The molecule has 0 unspecified atom stereocenters. The Morgan fingerprint density at radius 3 is 2.60 bits per heavy atom. The van der Waals surface area contributed by atoms with Crippen LogP contribution in [0.5, 0.6) is 5.75 Å². The average Bonchev–Trinajstić information content (AvgIpc) is 3.43. The van der Waals surface area contributed by atoms with Crippen molar-refractivity contribution in [1.82, 2.24) is 10.6 Å². The van der Waals surface area contributed by atoms with Crippen molar-refractivity contribution in [3.8, 4) is 5.75 Å². The van der Waals surface area contributed by atoms with Crippen LogP contribution in [-0.4, -0.2) is 31.0 Å². The van der Waals surface area contributed by atoms with Crippen molar-refractivity contribution in [2.45, 2.75) is 56.9 Å². The van der Waals surface area contributed by atoms with Gasteiger partial charge in [-0.1, -0.05) is 37.5 Å². The summed E-state index contributed by atoms with van der Waals surface area (Å²) in [5.74, 6) is 0.927. The predicted octanol–water partition coefficient (Wildman–Crippen LogP) is 2.75. The molecule has 0 bridgehead atoms. The molecule has 2 fully saturated rings. The van der Waals surface area contributed by atoms with Crippen LogP contribution in [0.4, 0.5) is 0 Å². The number of rotatable bonds is 6. The highest BCUT2D eigenvalue weighted by molar-refractivity contribution is 5.93. The quantitative estimate of drug-likeness (QED) is 0.834. The molecule has 3 rings (SSSR count). The van der Waals surface area contributed by atoms with Gasteiger partial charge in [-0.05, 0) is 43.7 Å². The Kier molecular flexibility index (Phi) is 5.30. The summed E-state index contributed by atoms with van der Waals surface area (Å²) in [5.41, 5.74) is 0.361. The monoisotopic (exact) mass is 344 g/mol. The standard InChI is InChI=1S/C20H28N2O3/c1-3-21-19(24)20(11-7-4-8-12-20)22-18(23)16-13-15(16)14-9-5-6-10-17(14)25-2/h5-6,9-10,15-16H,3-4,7-8,11-13H2,1-2H3,(H,21,24)(H,22,23)/t15-,16-/m0/s1. The molecule has 2 atom stereocenters. The van der Waals surface area contributed by atoms with Crippen molar-refractivity contribution >= 4 is 11.8 Å². The minimum absolute atomic E-state index is 0.00376. The summed E-state index contributed by atoms with van der Waals surface area (Å²) in [4.78, 5) is 25.4. The number of carbonyl (C=O) groups is 2. The number of ether oxygens (including phenoxy) is 1. The highest BCUT2D eigenvalue weighted by Crippen LogP contribution is 2.50. The maximum Gasteiger partial charge on any atom is 0.245 e. The number of benzene rings is 1. The number of para-hydroxylation sites is 1. The number of methoxy groups -OCH3 is 1. The van der Waals surface area contributed by atoms with E-state index >= 15 is 0 Å². The molecule has 0 aliphatic heterocycles. The van der Waals surface area contributed by atoms with E-state index in [9.17, 15) is 9.59 Å². The molecule has 1 aromatic carbocycles.